The summed E-state index contributed by atoms with van der Waals surface area (Å²) in [6, 6.07) is 7.32. The maximum absolute atomic E-state index is 12.9. The molecule has 1 N–H and O–H groups in total. The van der Waals surface area contributed by atoms with Gasteiger partial charge in [0.05, 0.1) is 6.61 Å². The van der Waals surface area contributed by atoms with Crippen LogP contribution in [0.1, 0.15) is 25.3 Å². The van der Waals surface area contributed by atoms with Crippen LogP contribution in [-0.2, 0) is 11.3 Å². The number of hydrogen-bond donors (Lipinski definition) is 1. The predicted molar refractivity (Wildman–Crippen MR) is 83.7 cm³/mol. The number of halogens is 1. The summed E-state index contributed by atoms with van der Waals surface area (Å²) in [5, 5.41) is 3.64. The van der Waals surface area contributed by atoms with Crippen molar-refractivity contribution in [3.63, 3.8) is 0 Å². The molecule has 21 heavy (non-hydrogen) atoms. The zero-order valence-electron chi connectivity index (χ0n) is 13.1. The standard InChI is InChI=1S/C17H27FN2O/c1-3-9-19-17-8-10-21-13-15(17)12-20(2)11-14-4-6-16(18)7-5-14/h4-7,15,17,19H,3,8-13H2,1-2H3. The van der Waals surface area contributed by atoms with Crippen LogP contribution in [0.4, 0.5) is 4.39 Å². The molecule has 0 aromatic heterocycles. The molecule has 118 valence electrons. The first-order chi connectivity index (χ1) is 10.2. The summed E-state index contributed by atoms with van der Waals surface area (Å²) in [7, 11) is 2.12. The highest BCUT2D eigenvalue weighted by Gasteiger charge is 2.26. The molecule has 0 bridgehead atoms. The first-order valence-corrected chi connectivity index (χ1v) is 7.93. The highest BCUT2D eigenvalue weighted by atomic mass is 19.1. The van der Waals surface area contributed by atoms with E-state index in [0.717, 1.165) is 51.3 Å². The van der Waals surface area contributed by atoms with Gasteiger partial charge in [-0.2, -0.15) is 0 Å². The van der Waals surface area contributed by atoms with E-state index in [0.29, 0.717) is 12.0 Å². The molecule has 1 saturated heterocycles. The fourth-order valence-electron chi connectivity index (χ4n) is 2.94. The zero-order valence-corrected chi connectivity index (χ0v) is 13.1. The molecule has 0 saturated carbocycles. The van der Waals surface area contributed by atoms with Crippen molar-refractivity contribution in [3.05, 3.63) is 35.6 Å². The van der Waals surface area contributed by atoms with Gasteiger partial charge in [-0.15, -0.1) is 0 Å². The first-order valence-electron chi connectivity index (χ1n) is 7.93. The molecule has 0 radical (unpaired) electrons. The topological polar surface area (TPSA) is 24.5 Å². The lowest BCUT2D eigenvalue weighted by Crippen LogP contribution is -2.47. The van der Waals surface area contributed by atoms with Gasteiger partial charge in [-0.3, -0.25) is 0 Å². The molecule has 1 fully saturated rings. The molecule has 1 aromatic rings. The Balaban J connectivity index is 1.84. The molecule has 1 heterocycles. The smallest absolute Gasteiger partial charge is 0.123 e. The molecule has 1 aliphatic heterocycles. The van der Waals surface area contributed by atoms with E-state index in [1.165, 1.54) is 12.1 Å². The average molecular weight is 294 g/mol. The van der Waals surface area contributed by atoms with Crippen LogP contribution < -0.4 is 5.32 Å². The SMILES string of the molecule is CCCNC1CCOCC1CN(C)Cc1ccc(F)cc1. The molecule has 2 unspecified atom stereocenters. The third-order valence-electron chi connectivity index (χ3n) is 4.04. The first kappa shape index (κ1) is 16.4. The van der Waals surface area contributed by atoms with E-state index in [1.54, 1.807) is 0 Å². The van der Waals surface area contributed by atoms with E-state index in [1.807, 2.05) is 12.1 Å². The number of nitrogens with one attached hydrogen (secondary N) is 1. The van der Waals surface area contributed by atoms with E-state index in [4.69, 9.17) is 4.74 Å². The Morgan fingerprint density at radius 1 is 1.33 bits per heavy atom. The van der Waals surface area contributed by atoms with Crippen molar-refractivity contribution in [2.45, 2.75) is 32.4 Å². The van der Waals surface area contributed by atoms with Gasteiger partial charge in [0.15, 0.2) is 0 Å². The van der Waals surface area contributed by atoms with Crippen LogP contribution in [-0.4, -0.2) is 44.3 Å². The highest BCUT2D eigenvalue weighted by molar-refractivity contribution is 5.15. The summed E-state index contributed by atoms with van der Waals surface area (Å²) < 4.78 is 18.6. The van der Waals surface area contributed by atoms with E-state index in [-0.39, 0.29) is 5.82 Å². The summed E-state index contributed by atoms with van der Waals surface area (Å²) in [5.74, 6) is 0.349. The average Bonchev–Trinajstić information content (AvgIpc) is 2.49. The van der Waals surface area contributed by atoms with Gasteiger partial charge < -0.3 is 15.0 Å². The van der Waals surface area contributed by atoms with Crippen LogP contribution in [0.25, 0.3) is 0 Å². The second kappa shape index (κ2) is 8.47. The lowest BCUT2D eigenvalue weighted by atomic mass is 9.95. The van der Waals surface area contributed by atoms with E-state index in [9.17, 15) is 4.39 Å². The highest BCUT2D eigenvalue weighted by Crippen LogP contribution is 2.17. The summed E-state index contributed by atoms with van der Waals surface area (Å²) >= 11 is 0. The number of nitrogens with zero attached hydrogens (tertiary/aromatic N) is 1. The van der Waals surface area contributed by atoms with Crippen molar-refractivity contribution < 1.29 is 9.13 Å². The second-order valence-electron chi connectivity index (χ2n) is 6.01. The molecule has 1 aromatic carbocycles. The van der Waals surface area contributed by atoms with Crippen LogP contribution in [0.2, 0.25) is 0 Å². The van der Waals surface area contributed by atoms with E-state index in [2.05, 4.69) is 24.2 Å². The molecule has 2 atom stereocenters. The van der Waals surface area contributed by atoms with E-state index >= 15 is 0 Å². The second-order valence-corrected chi connectivity index (χ2v) is 6.01. The minimum atomic E-state index is -0.175. The van der Waals surface area contributed by atoms with Crippen molar-refractivity contribution in [1.82, 2.24) is 10.2 Å². The molecule has 3 nitrogen and oxygen atoms in total. The summed E-state index contributed by atoms with van der Waals surface area (Å²) in [6.45, 7) is 6.80. The van der Waals surface area contributed by atoms with E-state index < -0.39 is 0 Å². The quantitative estimate of drug-likeness (QED) is 0.837. The largest absolute Gasteiger partial charge is 0.381 e. The lowest BCUT2D eigenvalue weighted by molar-refractivity contribution is 0.0189. The Kier molecular flexibility index (Phi) is 6.61. The van der Waals surface area contributed by atoms with Crippen molar-refractivity contribution in [3.8, 4) is 0 Å². The number of benzene rings is 1. The minimum Gasteiger partial charge on any atom is -0.381 e. The fraction of sp³-hybridized carbons (Fsp3) is 0.647. The molecule has 1 aliphatic rings. The van der Waals surface area contributed by atoms with Gasteiger partial charge >= 0.3 is 0 Å². The van der Waals surface area contributed by atoms with Crippen molar-refractivity contribution in [1.29, 1.82) is 0 Å². The van der Waals surface area contributed by atoms with Gasteiger partial charge in [-0.1, -0.05) is 19.1 Å². The van der Waals surface area contributed by atoms with Gasteiger partial charge in [0.1, 0.15) is 5.82 Å². The fourth-order valence-corrected chi connectivity index (χ4v) is 2.94. The Labute approximate surface area is 127 Å². The van der Waals surface area contributed by atoms with Gasteiger partial charge in [0.25, 0.3) is 0 Å². The van der Waals surface area contributed by atoms with Gasteiger partial charge in [-0.25, -0.2) is 4.39 Å². The van der Waals surface area contributed by atoms with Crippen LogP contribution in [0, 0.1) is 11.7 Å². The summed E-state index contributed by atoms with van der Waals surface area (Å²) in [4.78, 5) is 2.30. The zero-order chi connectivity index (χ0) is 15.1. The minimum absolute atomic E-state index is 0.175. The number of rotatable bonds is 7. The molecule has 2 rings (SSSR count). The Morgan fingerprint density at radius 3 is 2.81 bits per heavy atom. The third kappa shape index (κ3) is 5.38. The van der Waals surface area contributed by atoms with Gasteiger partial charge in [-0.05, 0) is 44.1 Å². The normalized spacial score (nSPS) is 22.7. The molecule has 4 heteroatoms. The Bertz CT molecular complexity index is 410. The lowest BCUT2D eigenvalue weighted by Gasteiger charge is -2.35. The van der Waals surface area contributed by atoms with Gasteiger partial charge in [0.2, 0.25) is 0 Å². The molecular formula is C17H27FN2O. The van der Waals surface area contributed by atoms with Crippen LogP contribution in [0.3, 0.4) is 0 Å². The van der Waals surface area contributed by atoms with Crippen LogP contribution in [0.5, 0.6) is 0 Å². The summed E-state index contributed by atoms with van der Waals surface area (Å²) in [5.41, 5.74) is 1.15. The molecular weight excluding hydrogens is 267 g/mol. The van der Waals surface area contributed by atoms with Crippen molar-refractivity contribution in [2.75, 3.05) is 33.4 Å². The molecule has 0 amide bonds. The Morgan fingerprint density at radius 2 is 2.10 bits per heavy atom. The van der Waals surface area contributed by atoms with Crippen molar-refractivity contribution >= 4 is 0 Å². The monoisotopic (exact) mass is 294 g/mol. The van der Waals surface area contributed by atoms with Gasteiger partial charge in [0, 0.05) is 31.7 Å². The maximum atomic E-state index is 12.9. The predicted octanol–water partition coefficient (Wildman–Crippen LogP) is 2.66. The molecule has 0 spiro atoms. The number of ether oxygens (including phenoxy) is 1. The summed E-state index contributed by atoms with van der Waals surface area (Å²) in [6.07, 6.45) is 2.25. The van der Waals surface area contributed by atoms with Crippen molar-refractivity contribution in [2.24, 2.45) is 5.92 Å². The maximum Gasteiger partial charge on any atom is 0.123 e. The van der Waals surface area contributed by atoms with Crippen LogP contribution in [0.15, 0.2) is 24.3 Å². The Hall–Kier alpha value is -0.970. The molecule has 0 aliphatic carbocycles. The number of hydrogen-bond acceptors (Lipinski definition) is 3. The van der Waals surface area contributed by atoms with Crippen LogP contribution >= 0.6 is 0 Å². The third-order valence-corrected chi connectivity index (χ3v) is 4.04.